The maximum atomic E-state index is 5.97. The van der Waals surface area contributed by atoms with Gasteiger partial charge in [0, 0.05) is 0 Å². The van der Waals surface area contributed by atoms with Crippen LogP contribution in [0.25, 0.3) is 0 Å². The molecule has 0 amide bonds. The summed E-state index contributed by atoms with van der Waals surface area (Å²) in [4.78, 5) is 0. The molecule has 0 fully saturated rings. The third kappa shape index (κ3) is 325. The second kappa shape index (κ2) is 51.5. The van der Waals surface area contributed by atoms with E-state index in [-0.39, 0.29) is 23.1 Å². The van der Waals surface area contributed by atoms with E-state index in [2.05, 4.69) is 12.8 Å². The van der Waals surface area contributed by atoms with Crippen molar-refractivity contribution in [2.24, 2.45) is 0 Å². The van der Waals surface area contributed by atoms with Crippen molar-refractivity contribution in [1.82, 2.24) is 0 Å². The molecule has 0 heterocycles. The summed E-state index contributed by atoms with van der Waals surface area (Å²) in [5.74, 6) is 3.56. The Morgan fingerprint density at radius 3 is 1.43 bits per heavy atom. The van der Waals surface area contributed by atoms with Crippen molar-refractivity contribution < 1.29 is 0 Å². The summed E-state index contributed by atoms with van der Waals surface area (Å²) in [5, 5.41) is 0. The van der Waals surface area contributed by atoms with Crippen molar-refractivity contribution in [3.8, 4) is 24.7 Å². The van der Waals surface area contributed by atoms with Crippen molar-refractivity contribution in [3.63, 3.8) is 0 Å². The first-order valence-corrected chi connectivity index (χ1v) is 1.08. The molecule has 0 saturated heterocycles. The fourth-order valence-corrected chi connectivity index (χ4v) is 0. The summed E-state index contributed by atoms with van der Waals surface area (Å²) in [7, 11) is 0. The molecule has 0 aliphatic heterocycles. The monoisotopic (exact) mass is 98.0 g/mol. The molecule has 0 aromatic heterocycles. The zero-order valence-corrected chi connectivity index (χ0v) is 5.28. The van der Waals surface area contributed by atoms with Crippen LogP contribution in [0.1, 0.15) is 0 Å². The zero-order chi connectivity index (χ0) is 5.41. The molecule has 0 bridgehead atoms. The standard InChI is InChI=1S/C4H.C2H.Mg/c1-3-4-2;1-2;/h1H;1H;/q2*-1;+2. The van der Waals surface area contributed by atoms with Gasteiger partial charge in [-0.15, -0.1) is 0 Å². The van der Waals surface area contributed by atoms with Crippen molar-refractivity contribution >= 4 is 23.1 Å². The van der Waals surface area contributed by atoms with Crippen LogP contribution in [0.3, 0.4) is 0 Å². The van der Waals surface area contributed by atoms with Crippen LogP contribution in [0.4, 0.5) is 0 Å². The molecule has 0 radical (unpaired) electrons. The minimum Gasteiger partial charge on any atom is -0.697 e. The summed E-state index contributed by atoms with van der Waals surface area (Å²) in [5.41, 5.74) is 0. The van der Waals surface area contributed by atoms with Gasteiger partial charge in [0.2, 0.25) is 0 Å². The first-order chi connectivity index (χ1) is 2.91. The summed E-state index contributed by atoms with van der Waals surface area (Å²) < 4.78 is 0. The number of hydrogen-bond donors (Lipinski definition) is 0. The van der Waals surface area contributed by atoms with E-state index in [1.165, 1.54) is 0 Å². The van der Waals surface area contributed by atoms with Crippen LogP contribution >= 0.6 is 0 Å². The summed E-state index contributed by atoms with van der Waals surface area (Å²) in [6.07, 6.45) is 19.4. The Morgan fingerprint density at radius 2 is 1.43 bits per heavy atom. The molecule has 0 rings (SSSR count). The first-order valence-electron chi connectivity index (χ1n) is 1.08. The van der Waals surface area contributed by atoms with Crippen LogP contribution in [0, 0.1) is 37.5 Å². The van der Waals surface area contributed by atoms with E-state index in [0.29, 0.717) is 0 Å². The third-order valence-electron chi connectivity index (χ3n) is 0.0722. The first kappa shape index (κ1) is 16.1. The van der Waals surface area contributed by atoms with E-state index >= 15 is 0 Å². The average Bonchev–Trinajstić information content (AvgIpc) is 1.72. The van der Waals surface area contributed by atoms with E-state index in [4.69, 9.17) is 12.8 Å². The van der Waals surface area contributed by atoms with E-state index in [1.807, 2.05) is 5.92 Å². The maximum Gasteiger partial charge on any atom is 2.00 e. The molecule has 0 unspecified atom stereocenters. The predicted octanol–water partition coefficient (Wildman–Crippen LogP) is 0.0346. The SMILES string of the molecule is [C-]#C.[C-]#CC#C.[Mg+2]. The largest absolute Gasteiger partial charge is 2.00 e. The molecule has 0 N–H and O–H groups in total. The second-order valence-electron chi connectivity index (χ2n) is 0.269. The predicted molar refractivity (Wildman–Crippen MR) is 29.9 cm³/mol. The van der Waals surface area contributed by atoms with E-state index in [1.54, 1.807) is 5.92 Å². The van der Waals surface area contributed by atoms with Crippen molar-refractivity contribution in [2.45, 2.75) is 0 Å². The smallest absolute Gasteiger partial charge is 0.697 e. The third-order valence-corrected chi connectivity index (χ3v) is 0.0722. The second-order valence-corrected chi connectivity index (χ2v) is 0.269. The van der Waals surface area contributed by atoms with Gasteiger partial charge in [0.25, 0.3) is 0 Å². The molecule has 1 heteroatoms. The van der Waals surface area contributed by atoms with Crippen LogP contribution in [0.2, 0.25) is 0 Å². The van der Waals surface area contributed by atoms with Gasteiger partial charge in [0.1, 0.15) is 0 Å². The Morgan fingerprint density at radius 1 is 1.29 bits per heavy atom. The molecular formula is C6H2Mg. The van der Waals surface area contributed by atoms with E-state index in [9.17, 15) is 0 Å². The van der Waals surface area contributed by atoms with Crippen LogP contribution in [-0.2, 0) is 0 Å². The minimum absolute atomic E-state index is 0. The zero-order valence-electron chi connectivity index (χ0n) is 3.86. The molecule has 0 atom stereocenters. The molecule has 0 aliphatic rings. The van der Waals surface area contributed by atoms with Gasteiger partial charge < -0.3 is 19.3 Å². The van der Waals surface area contributed by atoms with Gasteiger partial charge in [0.15, 0.2) is 0 Å². The molecule has 0 nitrogen and oxygen atoms in total. The Hall–Kier alpha value is -0.554. The summed E-state index contributed by atoms with van der Waals surface area (Å²) >= 11 is 0. The van der Waals surface area contributed by atoms with Crippen LogP contribution in [-0.4, -0.2) is 23.1 Å². The maximum absolute atomic E-state index is 5.97. The van der Waals surface area contributed by atoms with Crippen LogP contribution in [0.5, 0.6) is 0 Å². The fourth-order valence-electron chi connectivity index (χ4n) is 0. The number of terminal acetylenes is 2. The van der Waals surface area contributed by atoms with E-state index in [0.717, 1.165) is 0 Å². The van der Waals surface area contributed by atoms with Gasteiger partial charge >= 0.3 is 23.1 Å². The fraction of sp³-hybridized carbons (Fsp3) is 0. The van der Waals surface area contributed by atoms with Crippen LogP contribution in [0.15, 0.2) is 0 Å². The molecule has 28 valence electrons. The molecule has 7 heavy (non-hydrogen) atoms. The quantitative estimate of drug-likeness (QED) is 0.228. The molecular weight excluding hydrogens is 96.4 g/mol. The summed E-state index contributed by atoms with van der Waals surface area (Å²) in [6, 6.07) is 0. The molecule has 0 aromatic carbocycles. The van der Waals surface area contributed by atoms with Gasteiger partial charge in [-0.05, 0) is 0 Å². The molecule has 0 spiro atoms. The average molecular weight is 98.4 g/mol. The number of hydrogen-bond acceptors (Lipinski definition) is 0. The Bertz CT molecular complexity index is 85.6. The van der Waals surface area contributed by atoms with Gasteiger partial charge in [-0.2, -0.15) is 0 Å². The van der Waals surface area contributed by atoms with Crippen LogP contribution < -0.4 is 0 Å². The molecule has 0 saturated carbocycles. The molecule has 0 aromatic rings. The van der Waals surface area contributed by atoms with Crippen molar-refractivity contribution in [2.75, 3.05) is 0 Å². The molecule has 0 aliphatic carbocycles. The van der Waals surface area contributed by atoms with Gasteiger partial charge in [-0.25, -0.2) is 6.42 Å². The topological polar surface area (TPSA) is 0 Å². The van der Waals surface area contributed by atoms with Crippen molar-refractivity contribution in [3.05, 3.63) is 12.8 Å². The minimum atomic E-state index is 0. The van der Waals surface area contributed by atoms with Gasteiger partial charge in [-0.3, -0.25) is 11.8 Å². The summed E-state index contributed by atoms with van der Waals surface area (Å²) in [6.45, 7) is 0. The normalized spacial score (nSPS) is 1.71. The van der Waals surface area contributed by atoms with Crippen molar-refractivity contribution in [1.29, 1.82) is 0 Å². The Balaban J connectivity index is -0.0000000480. The van der Waals surface area contributed by atoms with Gasteiger partial charge in [0.05, 0.1) is 0 Å². The van der Waals surface area contributed by atoms with Gasteiger partial charge in [-0.1, -0.05) is 0 Å². The van der Waals surface area contributed by atoms with E-state index < -0.39 is 0 Å². The number of rotatable bonds is 0. The Kier molecular flexibility index (Phi) is 118. The Labute approximate surface area is 60.8 Å².